The van der Waals surface area contributed by atoms with Crippen molar-refractivity contribution in [3.8, 4) is 5.75 Å². The van der Waals surface area contributed by atoms with Gasteiger partial charge in [0.2, 0.25) is 0 Å². The van der Waals surface area contributed by atoms with Gasteiger partial charge in [-0.3, -0.25) is 4.79 Å². The second-order valence-corrected chi connectivity index (χ2v) is 7.58. The van der Waals surface area contributed by atoms with Crippen LogP contribution in [0.2, 0.25) is 0 Å². The number of carbonyl (C=O) groups is 1. The average molecular weight is 352 g/mol. The molecule has 0 saturated carbocycles. The van der Waals surface area contributed by atoms with Crippen molar-refractivity contribution in [1.82, 2.24) is 0 Å². The SMILES string of the molecule is COc1ccc([C@@H](CC2=CC(=O)CCC2)SCc2ccccc2)cc1. The van der Waals surface area contributed by atoms with Crippen molar-refractivity contribution in [3.63, 3.8) is 0 Å². The molecule has 0 aliphatic heterocycles. The maximum Gasteiger partial charge on any atom is 0.155 e. The normalized spacial score (nSPS) is 15.6. The van der Waals surface area contributed by atoms with Crippen LogP contribution in [0.3, 0.4) is 0 Å². The number of allylic oxidation sites excluding steroid dienone is 2. The Hall–Kier alpha value is -2.00. The minimum atomic E-state index is 0.280. The van der Waals surface area contributed by atoms with Crippen molar-refractivity contribution < 1.29 is 9.53 Å². The molecule has 130 valence electrons. The lowest BCUT2D eigenvalue weighted by molar-refractivity contribution is -0.115. The van der Waals surface area contributed by atoms with Gasteiger partial charge in [0.1, 0.15) is 5.75 Å². The van der Waals surface area contributed by atoms with Crippen molar-refractivity contribution in [2.75, 3.05) is 7.11 Å². The first-order valence-corrected chi connectivity index (χ1v) is 9.81. The van der Waals surface area contributed by atoms with Crippen LogP contribution in [0.15, 0.2) is 66.2 Å². The molecule has 25 heavy (non-hydrogen) atoms. The number of thioether (sulfide) groups is 1. The smallest absolute Gasteiger partial charge is 0.155 e. The van der Waals surface area contributed by atoms with E-state index in [4.69, 9.17) is 4.74 Å². The van der Waals surface area contributed by atoms with Gasteiger partial charge in [0.25, 0.3) is 0 Å². The first-order chi connectivity index (χ1) is 12.2. The first kappa shape index (κ1) is 17.8. The molecule has 2 aromatic rings. The van der Waals surface area contributed by atoms with Gasteiger partial charge in [-0.05, 0) is 48.6 Å². The molecule has 0 spiro atoms. The molecule has 3 heteroatoms. The maximum absolute atomic E-state index is 11.8. The van der Waals surface area contributed by atoms with Crippen LogP contribution in [-0.4, -0.2) is 12.9 Å². The van der Waals surface area contributed by atoms with E-state index in [-0.39, 0.29) is 5.78 Å². The van der Waals surface area contributed by atoms with Gasteiger partial charge >= 0.3 is 0 Å². The number of benzene rings is 2. The van der Waals surface area contributed by atoms with Crippen LogP contribution in [0.4, 0.5) is 0 Å². The third-order valence-corrected chi connectivity index (χ3v) is 5.86. The van der Waals surface area contributed by atoms with Crippen LogP contribution in [0.25, 0.3) is 0 Å². The Bertz CT molecular complexity index is 719. The van der Waals surface area contributed by atoms with Gasteiger partial charge in [-0.1, -0.05) is 48.0 Å². The van der Waals surface area contributed by atoms with E-state index in [9.17, 15) is 4.79 Å². The molecule has 1 aliphatic carbocycles. The Morgan fingerprint density at radius 2 is 1.80 bits per heavy atom. The second-order valence-electron chi connectivity index (χ2n) is 6.38. The topological polar surface area (TPSA) is 26.3 Å². The lowest BCUT2D eigenvalue weighted by atomic mass is 9.93. The van der Waals surface area contributed by atoms with Crippen molar-refractivity contribution in [2.45, 2.75) is 36.7 Å². The Morgan fingerprint density at radius 3 is 2.48 bits per heavy atom. The fourth-order valence-corrected chi connectivity index (χ4v) is 4.39. The summed E-state index contributed by atoms with van der Waals surface area (Å²) in [7, 11) is 1.69. The standard InChI is InChI=1S/C22H24O2S/c1-24-21-12-10-19(11-13-21)22(15-18-8-5-9-20(23)14-18)25-16-17-6-3-2-4-7-17/h2-4,6-7,10-14,22H,5,8-9,15-16H2,1H3/t22-/m1/s1. The van der Waals surface area contributed by atoms with E-state index in [1.54, 1.807) is 7.11 Å². The van der Waals surface area contributed by atoms with E-state index in [0.717, 1.165) is 30.8 Å². The fraction of sp³-hybridized carbons (Fsp3) is 0.318. The summed E-state index contributed by atoms with van der Waals surface area (Å²) in [6.07, 6.45) is 5.56. The summed E-state index contributed by atoms with van der Waals surface area (Å²) >= 11 is 1.94. The molecule has 2 nitrogen and oxygen atoms in total. The molecular weight excluding hydrogens is 328 g/mol. The zero-order chi connectivity index (χ0) is 17.5. The van der Waals surface area contributed by atoms with Crippen LogP contribution in [0.1, 0.15) is 42.1 Å². The molecule has 0 aromatic heterocycles. The molecule has 0 unspecified atom stereocenters. The van der Waals surface area contributed by atoms with Gasteiger partial charge in [-0.25, -0.2) is 0 Å². The van der Waals surface area contributed by atoms with Crippen LogP contribution >= 0.6 is 11.8 Å². The summed E-state index contributed by atoms with van der Waals surface area (Å²) in [5, 5.41) is 0.350. The number of rotatable bonds is 7. The molecule has 0 bridgehead atoms. The molecule has 0 heterocycles. The van der Waals surface area contributed by atoms with Gasteiger partial charge in [0, 0.05) is 17.4 Å². The van der Waals surface area contributed by atoms with Gasteiger partial charge in [-0.2, -0.15) is 0 Å². The number of carbonyl (C=O) groups excluding carboxylic acids is 1. The number of methoxy groups -OCH3 is 1. The minimum Gasteiger partial charge on any atom is -0.497 e. The number of ketones is 1. The Balaban J connectivity index is 1.75. The summed E-state index contributed by atoms with van der Waals surface area (Å²) in [4.78, 5) is 11.8. The van der Waals surface area contributed by atoms with Gasteiger partial charge < -0.3 is 4.74 Å². The number of ether oxygens (including phenoxy) is 1. The van der Waals surface area contributed by atoms with Crippen molar-refractivity contribution in [2.24, 2.45) is 0 Å². The third kappa shape index (κ3) is 5.23. The molecule has 0 fully saturated rings. The minimum absolute atomic E-state index is 0.280. The van der Waals surface area contributed by atoms with E-state index in [2.05, 4.69) is 36.4 Å². The highest BCUT2D eigenvalue weighted by Crippen LogP contribution is 2.39. The second kappa shape index (κ2) is 8.91. The summed E-state index contributed by atoms with van der Waals surface area (Å²) in [6.45, 7) is 0. The van der Waals surface area contributed by atoms with E-state index < -0.39 is 0 Å². The van der Waals surface area contributed by atoms with Crippen LogP contribution < -0.4 is 4.74 Å². The van der Waals surface area contributed by atoms with E-state index in [1.807, 2.05) is 36.0 Å². The quantitative estimate of drug-likeness (QED) is 0.635. The van der Waals surface area contributed by atoms with Crippen LogP contribution in [0.5, 0.6) is 5.75 Å². The number of hydrogen-bond donors (Lipinski definition) is 0. The molecule has 2 aromatic carbocycles. The van der Waals surface area contributed by atoms with Gasteiger partial charge in [-0.15, -0.1) is 11.8 Å². The van der Waals surface area contributed by atoms with Gasteiger partial charge in [0.05, 0.1) is 7.11 Å². The van der Waals surface area contributed by atoms with E-state index in [0.29, 0.717) is 11.7 Å². The van der Waals surface area contributed by atoms with Crippen LogP contribution in [0, 0.1) is 0 Å². The third-order valence-electron chi connectivity index (χ3n) is 4.52. The highest BCUT2D eigenvalue weighted by atomic mass is 32.2. The monoisotopic (exact) mass is 352 g/mol. The molecule has 0 saturated heterocycles. The predicted octanol–water partition coefficient (Wildman–Crippen LogP) is 5.74. The average Bonchev–Trinajstić information content (AvgIpc) is 2.66. The molecule has 1 atom stereocenters. The molecule has 3 rings (SSSR count). The summed E-state index contributed by atoms with van der Waals surface area (Å²) in [5.41, 5.74) is 3.91. The van der Waals surface area contributed by atoms with E-state index >= 15 is 0 Å². The lowest BCUT2D eigenvalue weighted by Crippen LogP contribution is -2.06. The zero-order valence-corrected chi connectivity index (χ0v) is 15.4. The van der Waals surface area contributed by atoms with Crippen molar-refractivity contribution in [3.05, 3.63) is 77.4 Å². The number of hydrogen-bond acceptors (Lipinski definition) is 3. The maximum atomic E-state index is 11.8. The van der Waals surface area contributed by atoms with Crippen LogP contribution in [-0.2, 0) is 10.5 Å². The predicted molar refractivity (Wildman–Crippen MR) is 105 cm³/mol. The van der Waals surface area contributed by atoms with Crippen molar-refractivity contribution >= 4 is 17.5 Å². The summed E-state index contributed by atoms with van der Waals surface area (Å²) < 4.78 is 5.28. The Morgan fingerprint density at radius 1 is 1.04 bits per heavy atom. The Kier molecular flexibility index (Phi) is 6.35. The molecule has 0 radical (unpaired) electrons. The highest BCUT2D eigenvalue weighted by molar-refractivity contribution is 7.98. The van der Waals surface area contributed by atoms with Gasteiger partial charge in [0.15, 0.2) is 5.78 Å². The summed E-state index contributed by atoms with van der Waals surface area (Å²) in [6, 6.07) is 18.9. The Labute approximate surface area is 154 Å². The van der Waals surface area contributed by atoms with E-state index in [1.165, 1.54) is 16.7 Å². The summed E-state index contributed by atoms with van der Waals surface area (Å²) in [5.74, 6) is 2.13. The molecular formula is C22H24O2S. The molecule has 0 N–H and O–H groups in total. The first-order valence-electron chi connectivity index (χ1n) is 8.76. The fourth-order valence-electron chi connectivity index (χ4n) is 3.12. The zero-order valence-electron chi connectivity index (χ0n) is 14.6. The highest BCUT2D eigenvalue weighted by Gasteiger charge is 2.18. The lowest BCUT2D eigenvalue weighted by Gasteiger charge is -2.21. The van der Waals surface area contributed by atoms with Crippen molar-refractivity contribution in [1.29, 1.82) is 0 Å². The largest absolute Gasteiger partial charge is 0.497 e. The molecule has 0 amide bonds. The molecule has 1 aliphatic rings.